The lowest BCUT2D eigenvalue weighted by Gasteiger charge is -2.05. The summed E-state index contributed by atoms with van der Waals surface area (Å²) in [5.74, 6) is 0. The number of rotatable bonds is 1. The molecule has 0 spiro atoms. The van der Waals surface area contributed by atoms with Gasteiger partial charge in [-0.15, -0.1) is 10.2 Å². The molecule has 0 bridgehead atoms. The Labute approximate surface area is 107 Å². The van der Waals surface area contributed by atoms with Gasteiger partial charge >= 0.3 is 0 Å². The molecule has 0 aliphatic heterocycles. The van der Waals surface area contributed by atoms with Gasteiger partial charge in [0.25, 0.3) is 0 Å². The molecule has 0 aliphatic rings. The number of halogens is 2. The van der Waals surface area contributed by atoms with Crippen LogP contribution >= 0.6 is 23.2 Å². The Morgan fingerprint density at radius 1 is 1.00 bits per heavy atom. The molecule has 84 valence electrons. The van der Waals surface area contributed by atoms with Crippen molar-refractivity contribution < 1.29 is 0 Å². The Hall–Kier alpha value is -1.65. The Morgan fingerprint density at radius 2 is 1.76 bits per heavy atom. The average Bonchev–Trinajstić information content (AvgIpc) is 2.87. The second kappa shape index (κ2) is 3.98. The Kier molecular flexibility index (Phi) is 2.46. The molecule has 0 fully saturated rings. The molecule has 0 aliphatic carbocycles. The maximum Gasteiger partial charge on any atom is 0.159 e. The third kappa shape index (κ3) is 1.75. The highest BCUT2D eigenvalue weighted by Crippen LogP contribution is 2.27. The van der Waals surface area contributed by atoms with E-state index in [2.05, 4.69) is 15.3 Å². The van der Waals surface area contributed by atoms with E-state index >= 15 is 0 Å². The van der Waals surface area contributed by atoms with Crippen molar-refractivity contribution in [2.75, 3.05) is 0 Å². The molecule has 0 unspecified atom stereocenters. The number of hydrogen-bond donors (Lipinski definition) is 0. The van der Waals surface area contributed by atoms with Crippen molar-refractivity contribution in [2.45, 2.75) is 0 Å². The molecule has 0 saturated carbocycles. The van der Waals surface area contributed by atoms with Gasteiger partial charge in [-0.3, -0.25) is 0 Å². The molecular weight excluding hydrogens is 259 g/mol. The van der Waals surface area contributed by atoms with E-state index in [0.717, 1.165) is 16.5 Å². The molecule has 0 radical (unpaired) electrons. The van der Waals surface area contributed by atoms with Crippen molar-refractivity contribution in [1.82, 2.24) is 20.0 Å². The lowest BCUT2D eigenvalue weighted by Crippen LogP contribution is -1.95. The van der Waals surface area contributed by atoms with Gasteiger partial charge in [0.05, 0.1) is 5.69 Å². The highest BCUT2D eigenvalue weighted by Gasteiger charge is 2.07. The first-order valence-corrected chi connectivity index (χ1v) is 5.63. The molecule has 3 aromatic rings. The Bertz CT molecular complexity index is 679. The van der Waals surface area contributed by atoms with Gasteiger partial charge < -0.3 is 0 Å². The first-order chi connectivity index (χ1) is 8.25. The van der Waals surface area contributed by atoms with Gasteiger partial charge in [0.15, 0.2) is 10.3 Å². The van der Waals surface area contributed by atoms with Gasteiger partial charge in [0.1, 0.15) is 0 Å². The minimum atomic E-state index is 0.332. The lowest BCUT2D eigenvalue weighted by atomic mass is 10.2. The molecule has 6 heteroatoms. The summed E-state index contributed by atoms with van der Waals surface area (Å²) >= 11 is 12.0. The van der Waals surface area contributed by atoms with E-state index < -0.39 is 0 Å². The highest BCUT2D eigenvalue weighted by atomic mass is 35.5. The molecule has 0 N–H and O–H groups in total. The maximum absolute atomic E-state index is 6.00. The molecule has 2 heterocycles. The second-order valence-corrected chi connectivity index (χ2v) is 4.18. The van der Waals surface area contributed by atoms with E-state index in [1.54, 1.807) is 10.9 Å². The fourth-order valence-electron chi connectivity index (χ4n) is 1.64. The van der Waals surface area contributed by atoms with E-state index in [1.807, 2.05) is 30.5 Å². The van der Waals surface area contributed by atoms with Crippen molar-refractivity contribution in [3.05, 3.63) is 47.0 Å². The monoisotopic (exact) mass is 264 g/mol. The first-order valence-electron chi connectivity index (χ1n) is 4.87. The Balaban J connectivity index is 2.29. The molecule has 4 nitrogen and oxygen atoms in total. The summed E-state index contributed by atoms with van der Waals surface area (Å²) in [4.78, 5) is 0. The lowest BCUT2D eigenvalue weighted by molar-refractivity contribution is 0.882. The van der Waals surface area contributed by atoms with E-state index in [4.69, 9.17) is 23.2 Å². The van der Waals surface area contributed by atoms with E-state index in [-0.39, 0.29) is 0 Å². The summed E-state index contributed by atoms with van der Waals surface area (Å²) in [6.45, 7) is 0. The van der Waals surface area contributed by atoms with Gasteiger partial charge in [-0.2, -0.15) is 5.10 Å². The smallest absolute Gasteiger partial charge is 0.159 e. The molecule has 1 aromatic carbocycles. The van der Waals surface area contributed by atoms with Crippen LogP contribution in [-0.2, 0) is 0 Å². The van der Waals surface area contributed by atoms with Gasteiger partial charge in [-0.05, 0) is 24.3 Å². The predicted molar refractivity (Wildman–Crippen MR) is 66.7 cm³/mol. The van der Waals surface area contributed by atoms with Gasteiger partial charge in [0.2, 0.25) is 0 Å². The topological polar surface area (TPSA) is 43.6 Å². The molecule has 3 rings (SSSR count). The van der Waals surface area contributed by atoms with Crippen LogP contribution in [0.3, 0.4) is 0 Å². The van der Waals surface area contributed by atoms with Crippen LogP contribution in [0.5, 0.6) is 0 Å². The number of nitrogens with zero attached hydrogens (tertiary/aromatic N) is 4. The van der Waals surface area contributed by atoms with E-state index in [9.17, 15) is 0 Å². The summed E-state index contributed by atoms with van der Waals surface area (Å²) in [5, 5.41) is 13.9. The third-order valence-corrected chi connectivity index (χ3v) is 3.00. The number of fused-ring (bicyclic) bond motifs is 1. The van der Waals surface area contributed by atoms with Crippen LogP contribution in [0.25, 0.3) is 16.5 Å². The molecule has 17 heavy (non-hydrogen) atoms. The molecule has 0 atom stereocenters. The van der Waals surface area contributed by atoms with Crippen LogP contribution < -0.4 is 0 Å². The fraction of sp³-hybridized carbons (Fsp3) is 0. The van der Waals surface area contributed by atoms with E-state index in [0.29, 0.717) is 10.3 Å². The van der Waals surface area contributed by atoms with Gasteiger partial charge in [-0.1, -0.05) is 23.2 Å². The van der Waals surface area contributed by atoms with Crippen LogP contribution in [0.2, 0.25) is 10.3 Å². The standard InChI is InChI=1S/C11H6Cl2N4/c12-10-8-3-2-7(17-5-1-4-14-17)6-9(8)11(13)16-15-10/h1-6H. The number of aromatic nitrogens is 4. The summed E-state index contributed by atoms with van der Waals surface area (Å²) < 4.78 is 1.74. The summed E-state index contributed by atoms with van der Waals surface area (Å²) in [5.41, 5.74) is 0.897. The number of benzene rings is 1. The third-order valence-electron chi connectivity index (χ3n) is 2.44. The van der Waals surface area contributed by atoms with Crippen LogP contribution in [0, 0.1) is 0 Å². The largest absolute Gasteiger partial charge is 0.241 e. The quantitative estimate of drug-likeness (QED) is 0.679. The predicted octanol–water partition coefficient (Wildman–Crippen LogP) is 3.12. The van der Waals surface area contributed by atoms with Crippen LogP contribution in [0.15, 0.2) is 36.7 Å². The summed E-state index contributed by atoms with van der Waals surface area (Å²) in [7, 11) is 0. The molecule has 0 saturated heterocycles. The average molecular weight is 265 g/mol. The minimum absolute atomic E-state index is 0.332. The highest BCUT2D eigenvalue weighted by molar-refractivity contribution is 6.38. The minimum Gasteiger partial charge on any atom is -0.241 e. The van der Waals surface area contributed by atoms with Crippen molar-refractivity contribution in [3.8, 4) is 5.69 Å². The zero-order valence-corrected chi connectivity index (χ0v) is 10.0. The molecule has 0 amide bonds. The zero-order chi connectivity index (χ0) is 11.8. The van der Waals surface area contributed by atoms with Crippen LogP contribution in [0.4, 0.5) is 0 Å². The van der Waals surface area contributed by atoms with Crippen molar-refractivity contribution in [1.29, 1.82) is 0 Å². The van der Waals surface area contributed by atoms with Crippen LogP contribution in [-0.4, -0.2) is 20.0 Å². The normalized spacial score (nSPS) is 10.9. The molecule has 2 aromatic heterocycles. The second-order valence-electron chi connectivity index (χ2n) is 3.46. The maximum atomic E-state index is 6.00. The van der Waals surface area contributed by atoms with Gasteiger partial charge in [-0.25, -0.2) is 4.68 Å². The summed E-state index contributed by atoms with van der Waals surface area (Å²) in [6.07, 6.45) is 3.56. The number of hydrogen-bond acceptors (Lipinski definition) is 3. The van der Waals surface area contributed by atoms with Crippen molar-refractivity contribution >= 4 is 34.0 Å². The first kappa shape index (κ1) is 10.5. The summed E-state index contributed by atoms with van der Waals surface area (Å²) in [6, 6.07) is 7.49. The zero-order valence-electron chi connectivity index (χ0n) is 8.51. The SMILES string of the molecule is Clc1nnc(Cl)c2cc(-n3cccn3)ccc12. The molecular formula is C11H6Cl2N4. The van der Waals surface area contributed by atoms with Crippen molar-refractivity contribution in [3.63, 3.8) is 0 Å². The van der Waals surface area contributed by atoms with E-state index in [1.165, 1.54) is 0 Å². The van der Waals surface area contributed by atoms with Crippen molar-refractivity contribution in [2.24, 2.45) is 0 Å². The Morgan fingerprint density at radius 3 is 2.47 bits per heavy atom. The van der Waals surface area contributed by atoms with Crippen LogP contribution in [0.1, 0.15) is 0 Å². The fourth-order valence-corrected chi connectivity index (χ4v) is 2.04. The van der Waals surface area contributed by atoms with Gasteiger partial charge in [0, 0.05) is 23.2 Å².